The van der Waals surface area contributed by atoms with Crippen molar-refractivity contribution in [1.82, 2.24) is 5.32 Å². The first-order valence-electron chi connectivity index (χ1n) is 10.6. The predicted molar refractivity (Wildman–Crippen MR) is 118 cm³/mol. The number of unbranched alkanes of at least 4 members (excludes halogenated alkanes) is 1. The molecule has 170 valence electrons. The van der Waals surface area contributed by atoms with Crippen molar-refractivity contribution in [3.05, 3.63) is 47.5 Å². The molecular formula is C23H28N4O5. The highest BCUT2D eigenvalue weighted by Crippen LogP contribution is 2.40. The number of amides is 2. The van der Waals surface area contributed by atoms with Crippen molar-refractivity contribution in [2.24, 2.45) is 17.2 Å². The molecule has 0 aromatic heterocycles. The molecule has 3 unspecified atom stereocenters. The number of Topliss-reactive ketones (excluding diaryl/α,β-unsaturated/α-hetero) is 2. The summed E-state index contributed by atoms with van der Waals surface area (Å²) in [5.41, 5.74) is 13.0. The number of ketones is 2. The van der Waals surface area contributed by atoms with Gasteiger partial charge in [0.05, 0.1) is 0 Å². The molecule has 9 heteroatoms. The van der Waals surface area contributed by atoms with Gasteiger partial charge in [-0.05, 0) is 46.9 Å². The number of fused-ring (bicyclic) bond motifs is 2. The highest BCUT2D eigenvalue weighted by Gasteiger charge is 2.61. The van der Waals surface area contributed by atoms with Crippen LogP contribution in [0, 0.1) is 0 Å². The molecule has 9 nitrogen and oxygen atoms in total. The highest BCUT2D eigenvalue weighted by atomic mass is 16.5. The molecule has 3 rings (SSSR count). The van der Waals surface area contributed by atoms with Crippen LogP contribution in [-0.2, 0) is 35.0 Å². The second kappa shape index (κ2) is 8.78. The van der Waals surface area contributed by atoms with Crippen molar-refractivity contribution in [2.45, 2.75) is 50.4 Å². The second-order valence-corrected chi connectivity index (χ2v) is 7.98. The minimum absolute atomic E-state index is 0.0389. The minimum Gasteiger partial charge on any atom is -0.367 e. The molecule has 0 spiro atoms. The van der Waals surface area contributed by atoms with Crippen LogP contribution in [0.5, 0.6) is 0 Å². The summed E-state index contributed by atoms with van der Waals surface area (Å²) >= 11 is 0. The maximum atomic E-state index is 13.3. The van der Waals surface area contributed by atoms with Crippen LogP contribution in [0.15, 0.2) is 36.4 Å². The Balaban J connectivity index is 2.16. The third kappa shape index (κ3) is 3.58. The molecule has 32 heavy (non-hydrogen) atoms. The molecule has 0 fully saturated rings. The number of carbonyl (C=O) groups excluding carboxylic acids is 4. The zero-order valence-electron chi connectivity index (χ0n) is 18.1. The summed E-state index contributed by atoms with van der Waals surface area (Å²) in [6, 6.07) is 9.99. The topological polar surface area (TPSA) is 168 Å². The van der Waals surface area contributed by atoms with Gasteiger partial charge in [0.25, 0.3) is 5.91 Å². The van der Waals surface area contributed by atoms with Gasteiger partial charge in [-0.15, -0.1) is 0 Å². The minimum atomic E-state index is -2.43. The van der Waals surface area contributed by atoms with Crippen molar-refractivity contribution in [1.29, 1.82) is 0 Å². The van der Waals surface area contributed by atoms with E-state index in [1.54, 1.807) is 31.2 Å². The van der Waals surface area contributed by atoms with E-state index in [-0.39, 0.29) is 11.1 Å². The van der Waals surface area contributed by atoms with E-state index >= 15 is 0 Å². The fraction of sp³-hybridized carbons (Fsp3) is 0.391. The third-order valence-electron chi connectivity index (χ3n) is 5.88. The van der Waals surface area contributed by atoms with E-state index in [1.807, 2.05) is 6.92 Å². The molecule has 0 heterocycles. The molecule has 2 aromatic carbocycles. The van der Waals surface area contributed by atoms with Crippen LogP contribution in [0.25, 0.3) is 10.8 Å². The monoisotopic (exact) mass is 440 g/mol. The van der Waals surface area contributed by atoms with Crippen LogP contribution < -0.4 is 22.5 Å². The standard InChI is InChI=1S/C23H28N4O5/c1-3-5-10-32-17(4-2)27-21(31)23(26)16-12-14-9-7-6-8-13(14)11-15(16)22(25,20(24)30)18(28)19(23)29/h6-9,11-12,17H,3-5,10,25-26H2,1-2H3,(H2,24,30)(H,27,31). The predicted octanol–water partition coefficient (Wildman–Crippen LogP) is 0.454. The smallest absolute Gasteiger partial charge is 0.254 e. The summed E-state index contributed by atoms with van der Waals surface area (Å²) in [5, 5.41) is 3.90. The van der Waals surface area contributed by atoms with Gasteiger partial charge in [0, 0.05) is 6.61 Å². The molecule has 0 radical (unpaired) electrons. The molecule has 0 saturated heterocycles. The van der Waals surface area contributed by atoms with E-state index in [4.69, 9.17) is 21.9 Å². The van der Waals surface area contributed by atoms with E-state index < -0.39 is 40.7 Å². The van der Waals surface area contributed by atoms with E-state index in [9.17, 15) is 19.2 Å². The molecular weight excluding hydrogens is 412 g/mol. The molecule has 0 aliphatic heterocycles. The molecule has 1 aliphatic rings. The van der Waals surface area contributed by atoms with Gasteiger partial charge in [-0.1, -0.05) is 44.5 Å². The van der Waals surface area contributed by atoms with Crippen molar-refractivity contribution < 1.29 is 23.9 Å². The Hall–Kier alpha value is -3.14. The highest BCUT2D eigenvalue weighted by molar-refractivity contribution is 6.52. The number of ether oxygens (including phenoxy) is 1. The van der Waals surface area contributed by atoms with Crippen LogP contribution in [-0.4, -0.2) is 36.2 Å². The maximum Gasteiger partial charge on any atom is 0.254 e. The summed E-state index contributed by atoms with van der Waals surface area (Å²) < 4.78 is 5.66. The van der Waals surface area contributed by atoms with E-state index in [2.05, 4.69) is 5.32 Å². The summed E-state index contributed by atoms with van der Waals surface area (Å²) in [6.07, 6.45) is 1.41. The Labute approximate surface area is 185 Å². The molecule has 3 atom stereocenters. The first kappa shape index (κ1) is 23.5. The van der Waals surface area contributed by atoms with Crippen molar-refractivity contribution in [2.75, 3.05) is 6.61 Å². The van der Waals surface area contributed by atoms with Crippen LogP contribution in [0.3, 0.4) is 0 Å². The lowest BCUT2D eigenvalue weighted by atomic mass is 9.65. The van der Waals surface area contributed by atoms with Crippen LogP contribution in [0.4, 0.5) is 0 Å². The van der Waals surface area contributed by atoms with E-state index in [1.165, 1.54) is 12.1 Å². The lowest BCUT2D eigenvalue weighted by Gasteiger charge is -2.40. The van der Waals surface area contributed by atoms with Gasteiger partial charge in [-0.2, -0.15) is 0 Å². The average molecular weight is 441 g/mol. The van der Waals surface area contributed by atoms with Crippen molar-refractivity contribution in [3.63, 3.8) is 0 Å². The average Bonchev–Trinajstić information content (AvgIpc) is 2.79. The van der Waals surface area contributed by atoms with Crippen LogP contribution in [0.1, 0.15) is 44.2 Å². The first-order chi connectivity index (χ1) is 15.1. The van der Waals surface area contributed by atoms with Crippen molar-refractivity contribution in [3.8, 4) is 0 Å². The lowest BCUT2D eigenvalue weighted by molar-refractivity contribution is -0.152. The van der Waals surface area contributed by atoms with Crippen LogP contribution >= 0.6 is 0 Å². The van der Waals surface area contributed by atoms with Crippen LogP contribution in [0.2, 0.25) is 0 Å². The van der Waals surface area contributed by atoms with Gasteiger partial charge in [0.2, 0.25) is 17.5 Å². The fourth-order valence-electron chi connectivity index (χ4n) is 3.86. The van der Waals surface area contributed by atoms with E-state index in [0.29, 0.717) is 23.8 Å². The number of benzene rings is 2. The summed E-state index contributed by atoms with van der Waals surface area (Å²) in [7, 11) is 0. The number of primary amides is 1. The Morgan fingerprint density at radius 2 is 1.53 bits per heavy atom. The second-order valence-electron chi connectivity index (χ2n) is 7.98. The Kier molecular flexibility index (Phi) is 6.45. The Morgan fingerprint density at radius 1 is 1.00 bits per heavy atom. The number of nitrogens with one attached hydrogen (secondary N) is 1. The normalized spacial score (nSPS) is 23.6. The number of carbonyl (C=O) groups is 4. The van der Waals surface area contributed by atoms with Gasteiger partial charge in [-0.3, -0.25) is 19.2 Å². The molecule has 0 bridgehead atoms. The summed E-state index contributed by atoms with van der Waals surface area (Å²) in [5.74, 6) is -4.75. The molecule has 0 saturated carbocycles. The number of hydrogen-bond donors (Lipinski definition) is 4. The zero-order chi connectivity index (χ0) is 23.7. The number of rotatable bonds is 8. The SMILES string of the molecule is CCCCOC(CC)NC(=O)C1(N)C(=O)C(=O)C(N)(C(N)=O)c2cc3ccccc3cc21. The fourth-order valence-corrected chi connectivity index (χ4v) is 3.86. The largest absolute Gasteiger partial charge is 0.367 e. The Morgan fingerprint density at radius 3 is 2.03 bits per heavy atom. The molecule has 2 amide bonds. The quantitative estimate of drug-likeness (QED) is 0.200. The van der Waals surface area contributed by atoms with Gasteiger partial charge >= 0.3 is 0 Å². The first-order valence-corrected chi connectivity index (χ1v) is 10.6. The summed E-state index contributed by atoms with van der Waals surface area (Å²) in [4.78, 5) is 51.7. The molecule has 1 aliphatic carbocycles. The van der Waals surface area contributed by atoms with Crippen molar-refractivity contribution >= 4 is 34.2 Å². The van der Waals surface area contributed by atoms with Gasteiger partial charge < -0.3 is 27.3 Å². The lowest BCUT2D eigenvalue weighted by Crippen LogP contribution is -2.70. The number of hydrogen-bond acceptors (Lipinski definition) is 7. The van der Waals surface area contributed by atoms with E-state index in [0.717, 1.165) is 12.8 Å². The number of nitrogens with two attached hydrogens (primary N) is 3. The zero-order valence-corrected chi connectivity index (χ0v) is 18.1. The summed E-state index contributed by atoms with van der Waals surface area (Å²) in [6.45, 7) is 4.21. The van der Waals surface area contributed by atoms with Gasteiger partial charge in [0.1, 0.15) is 6.23 Å². The third-order valence-corrected chi connectivity index (χ3v) is 5.88. The Bertz CT molecular complexity index is 1100. The van der Waals surface area contributed by atoms with Gasteiger partial charge in [0.15, 0.2) is 11.1 Å². The molecule has 7 N–H and O–H groups in total. The van der Waals surface area contributed by atoms with Gasteiger partial charge in [-0.25, -0.2) is 0 Å². The maximum absolute atomic E-state index is 13.3. The molecule has 2 aromatic rings.